The zero-order valence-electron chi connectivity index (χ0n) is 23.0. The number of nitrogens with one attached hydrogen (secondary N) is 1. The fourth-order valence-corrected chi connectivity index (χ4v) is 5.25. The molecule has 2 aliphatic rings. The van der Waals surface area contributed by atoms with Gasteiger partial charge in [-0.2, -0.15) is 0 Å². The summed E-state index contributed by atoms with van der Waals surface area (Å²) in [4.78, 5) is 41.6. The monoisotopic (exact) mass is 508 g/mol. The van der Waals surface area contributed by atoms with Gasteiger partial charge in [-0.25, -0.2) is 4.98 Å². The molecule has 1 aromatic heterocycles. The summed E-state index contributed by atoms with van der Waals surface area (Å²) in [6, 6.07) is 8.31. The van der Waals surface area contributed by atoms with Crippen molar-refractivity contribution in [1.29, 1.82) is 0 Å². The third-order valence-corrected chi connectivity index (χ3v) is 7.82. The van der Waals surface area contributed by atoms with E-state index in [1.165, 1.54) is 36.1 Å². The van der Waals surface area contributed by atoms with Crippen LogP contribution in [0.2, 0.25) is 0 Å². The predicted octanol–water partition coefficient (Wildman–Crippen LogP) is 3.72. The summed E-state index contributed by atoms with van der Waals surface area (Å²) in [7, 11) is 0. The summed E-state index contributed by atoms with van der Waals surface area (Å²) >= 11 is 0. The van der Waals surface area contributed by atoms with Crippen molar-refractivity contribution in [3.63, 3.8) is 0 Å². The van der Waals surface area contributed by atoms with Gasteiger partial charge in [0.05, 0.1) is 5.69 Å². The molecule has 1 amide bonds. The van der Waals surface area contributed by atoms with Gasteiger partial charge in [0.2, 0.25) is 11.9 Å². The van der Waals surface area contributed by atoms with Gasteiger partial charge in [-0.3, -0.25) is 19.5 Å². The smallest absolute Gasteiger partial charge is 0.252 e. The Labute approximate surface area is 221 Å². The minimum atomic E-state index is -0.112. The number of aryl methyl sites for hydroxylation is 2. The molecule has 2 saturated heterocycles. The lowest BCUT2D eigenvalue weighted by Crippen LogP contribution is -2.49. The molecule has 0 aliphatic carbocycles. The van der Waals surface area contributed by atoms with Gasteiger partial charge in [-0.1, -0.05) is 38.7 Å². The van der Waals surface area contributed by atoms with Crippen LogP contribution in [0.15, 0.2) is 29.1 Å². The third kappa shape index (κ3) is 7.57. The number of hydrogen-bond donors (Lipinski definition) is 1. The fraction of sp³-hybridized carbons (Fsp3) is 0.621. The third-order valence-electron chi connectivity index (χ3n) is 7.82. The highest BCUT2D eigenvalue weighted by atomic mass is 16.2. The number of carbonyl (C=O) groups is 1. The first-order chi connectivity index (χ1) is 17.9. The Bertz CT molecular complexity index is 1080. The zero-order valence-corrected chi connectivity index (χ0v) is 23.0. The van der Waals surface area contributed by atoms with Crippen molar-refractivity contribution in [2.45, 2.75) is 65.8 Å². The SMILES string of the molecule is CCCCCCCC(=O)N1CCN(c2nc(CN3CCN(c4ccc(C)c(C)c4)CC3)cc(=O)[nH]2)CC1. The lowest BCUT2D eigenvalue weighted by atomic mass is 10.1. The van der Waals surface area contributed by atoms with Crippen molar-refractivity contribution in [2.75, 3.05) is 62.2 Å². The van der Waals surface area contributed by atoms with Crippen molar-refractivity contribution >= 4 is 17.5 Å². The normalized spacial score (nSPS) is 16.9. The Kier molecular flexibility index (Phi) is 9.61. The van der Waals surface area contributed by atoms with Crippen molar-refractivity contribution in [1.82, 2.24) is 19.8 Å². The van der Waals surface area contributed by atoms with Crippen molar-refractivity contribution in [3.05, 3.63) is 51.4 Å². The first kappa shape index (κ1) is 27.2. The Morgan fingerprint density at radius 2 is 1.57 bits per heavy atom. The highest BCUT2D eigenvalue weighted by molar-refractivity contribution is 5.76. The molecule has 2 fully saturated rings. The summed E-state index contributed by atoms with van der Waals surface area (Å²) in [6.07, 6.45) is 6.45. The van der Waals surface area contributed by atoms with Crippen LogP contribution in [0.1, 0.15) is 62.3 Å². The van der Waals surface area contributed by atoms with Gasteiger partial charge in [0.15, 0.2) is 0 Å². The van der Waals surface area contributed by atoms with E-state index in [1.807, 2.05) is 4.90 Å². The standard InChI is InChI=1S/C29H44N6O2/c1-4-5-6-7-8-9-28(37)34-16-18-35(19-17-34)29-30-25(21-27(36)31-29)22-32-12-14-33(15-13-32)26-11-10-23(2)24(3)20-26/h10-11,20-21H,4-9,12-19,22H2,1-3H3,(H,30,31,36). The highest BCUT2D eigenvalue weighted by Crippen LogP contribution is 2.21. The number of H-pyrrole nitrogens is 1. The number of aromatic nitrogens is 2. The molecule has 8 heteroatoms. The predicted molar refractivity (Wildman–Crippen MR) is 150 cm³/mol. The Hall–Kier alpha value is -2.87. The van der Waals surface area contributed by atoms with Crippen LogP contribution >= 0.6 is 0 Å². The maximum atomic E-state index is 12.6. The topological polar surface area (TPSA) is 75.8 Å². The van der Waals surface area contributed by atoms with Gasteiger partial charge in [-0.05, 0) is 43.5 Å². The maximum absolute atomic E-state index is 12.6. The Morgan fingerprint density at radius 1 is 0.865 bits per heavy atom. The number of carbonyl (C=O) groups excluding carboxylic acids is 1. The number of piperazine rings is 2. The number of aromatic amines is 1. The van der Waals surface area contributed by atoms with E-state index >= 15 is 0 Å². The summed E-state index contributed by atoms with van der Waals surface area (Å²) < 4.78 is 0. The van der Waals surface area contributed by atoms with Gasteiger partial charge in [0.25, 0.3) is 5.56 Å². The van der Waals surface area contributed by atoms with Crippen molar-refractivity contribution in [3.8, 4) is 0 Å². The molecule has 37 heavy (non-hydrogen) atoms. The number of amides is 1. The molecule has 0 bridgehead atoms. The molecule has 202 valence electrons. The van der Waals surface area contributed by atoms with Crippen molar-refractivity contribution in [2.24, 2.45) is 0 Å². The molecule has 2 aromatic rings. The van der Waals surface area contributed by atoms with E-state index in [9.17, 15) is 9.59 Å². The molecule has 0 unspecified atom stereocenters. The number of rotatable bonds is 10. The van der Waals surface area contributed by atoms with Gasteiger partial charge in [0, 0.05) is 77.1 Å². The molecular formula is C29H44N6O2. The number of hydrogen-bond acceptors (Lipinski definition) is 6. The molecule has 1 N–H and O–H groups in total. The molecule has 2 aliphatic heterocycles. The average molecular weight is 509 g/mol. The zero-order chi connectivity index (χ0) is 26.2. The summed E-state index contributed by atoms with van der Waals surface area (Å²) in [5, 5.41) is 0. The first-order valence-electron chi connectivity index (χ1n) is 14.1. The molecule has 0 spiro atoms. The molecule has 0 radical (unpaired) electrons. The highest BCUT2D eigenvalue weighted by Gasteiger charge is 2.23. The number of unbranched alkanes of at least 4 members (excludes halogenated alkanes) is 4. The van der Waals surface area contributed by atoms with E-state index in [-0.39, 0.29) is 11.5 Å². The van der Waals surface area contributed by atoms with E-state index in [1.54, 1.807) is 6.07 Å². The average Bonchev–Trinajstić information content (AvgIpc) is 2.90. The largest absolute Gasteiger partial charge is 0.369 e. The van der Waals surface area contributed by atoms with Crippen LogP contribution in [0.25, 0.3) is 0 Å². The van der Waals surface area contributed by atoms with Crippen LogP contribution in [0.3, 0.4) is 0 Å². The molecule has 3 heterocycles. The number of anilines is 2. The van der Waals surface area contributed by atoms with Crippen LogP contribution in [-0.2, 0) is 11.3 Å². The van der Waals surface area contributed by atoms with E-state index in [4.69, 9.17) is 4.98 Å². The summed E-state index contributed by atoms with van der Waals surface area (Å²) in [5.41, 5.74) is 4.63. The quantitative estimate of drug-likeness (QED) is 0.493. The van der Waals surface area contributed by atoms with Gasteiger partial charge in [0.1, 0.15) is 0 Å². The maximum Gasteiger partial charge on any atom is 0.252 e. The minimum absolute atomic E-state index is 0.112. The van der Waals surface area contributed by atoms with Gasteiger partial charge >= 0.3 is 0 Å². The molecule has 0 saturated carbocycles. The molecule has 8 nitrogen and oxygen atoms in total. The molecule has 0 atom stereocenters. The van der Waals surface area contributed by atoms with Crippen LogP contribution in [0.5, 0.6) is 0 Å². The van der Waals surface area contributed by atoms with Crippen molar-refractivity contribution < 1.29 is 4.79 Å². The number of nitrogens with zero attached hydrogens (tertiary/aromatic N) is 5. The number of benzene rings is 1. The lowest BCUT2D eigenvalue weighted by molar-refractivity contribution is -0.131. The molecule has 1 aromatic carbocycles. The van der Waals surface area contributed by atoms with Gasteiger partial charge in [-0.15, -0.1) is 0 Å². The van der Waals surface area contributed by atoms with E-state index < -0.39 is 0 Å². The Balaban J connectivity index is 1.26. The van der Waals surface area contributed by atoms with Gasteiger partial charge < -0.3 is 14.7 Å². The molecular weight excluding hydrogens is 464 g/mol. The molecule has 4 rings (SSSR count). The second-order valence-electron chi connectivity index (χ2n) is 10.6. The second kappa shape index (κ2) is 13.1. The van der Waals surface area contributed by atoms with Crippen LogP contribution in [0, 0.1) is 13.8 Å². The minimum Gasteiger partial charge on any atom is -0.369 e. The first-order valence-corrected chi connectivity index (χ1v) is 14.1. The van der Waals surface area contributed by atoms with Crippen LogP contribution in [0.4, 0.5) is 11.6 Å². The van der Waals surface area contributed by atoms with Crippen LogP contribution in [-0.4, -0.2) is 78.0 Å². The van der Waals surface area contributed by atoms with E-state index in [2.05, 4.69) is 58.7 Å². The van der Waals surface area contributed by atoms with E-state index in [0.29, 0.717) is 45.1 Å². The lowest BCUT2D eigenvalue weighted by Gasteiger charge is -2.36. The second-order valence-corrected chi connectivity index (χ2v) is 10.6. The summed E-state index contributed by atoms with van der Waals surface area (Å²) in [6.45, 7) is 13.8. The fourth-order valence-electron chi connectivity index (χ4n) is 5.25. The van der Waals surface area contributed by atoms with Crippen LogP contribution < -0.4 is 15.4 Å². The summed E-state index contributed by atoms with van der Waals surface area (Å²) in [5.74, 6) is 0.884. The van der Waals surface area contributed by atoms with E-state index in [0.717, 1.165) is 44.7 Å². The Morgan fingerprint density at radius 3 is 2.27 bits per heavy atom.